The zero-order valence-electron chi connectivity index (χ0n) is 17.8. The number of hydrogen-bond donors (Lipinski definition) is 3. The van der Waals surface area contributed by atoms with Gasteiger partial charge >= 0.3 is 6.18 Å². The summed E-state index contributed by atoms with van der Waals surface area (Å²) in [5.74, 6) is 0.412. The molecule has 2 heterocycles. The Hall–Kier alpha value is -3.63. The number of benzene rings is 2. The van der Waals surface area contributed by atoms with Crippen LogP contribution in [0.25, 0.3) is 0 Å². The standard InChI is InChI=1S/C22H23F3N6O2/c1-12-19(29-30-31(12)16-4-2-3-15(10-16)22(23,24)25)21(32)28-8-7-14-11-33-18-6-5-13(20(26)27)9-17(14)18/h2-6,9-10,12,14,19H,7-8,11H2,1H3,(H3,26,27)(H,28,32). The fraction of sp³-hybridized carbons (Fsp3) is 0.364. The van der Waals surface area contributed by atoms with Gasteiger partial charge in [0.2, 0.25) is 5.91 Å². The molecule has 2 aromatic rings. The molecule has 1 amide bonds. The van der Waals surface area contributed by atoms with Crippen LogP contribution in [0.2, 0.25) is 0 Å². The lowest BCUT2D eigenvalue weighted by atomic mass is 9.96. The van der Waals surface area contributed by atoms with Crippen LogP contribution >= 0.6 is 0 Å². The number of nitrogens with one attached hydrogen (secondary N) is 2. The number of amidine groups is 1. The predicted octanol–water partition coefficient (Wildman–Crippen LogP) is 3.62. The van der Waals surface area contributed by atoms with Gasteiger partial charge in [0.15, 0.2) is 6.04 Å². The lowest BCUT2D eigenvalue weighted by Gasteiger charge is -2.22. The molecule has 0 bridgehead atoms. The molecule has 3 unspecified atom stereocenters. The molecule has 0 aliphatic carbocycles. The highest BCUT2D eigenvalue weighted by atomic mass is 19.4. The molecule has 0 saturated heterocycles. The van der Waals surface area contributed by atoms with Crippen LogP contribution in [-0.4, -0.2) is 37.0 Å². The number of rotatable bonds is 6. The number of carbonyl (C=O) groups is 1. The summed E-state index contributed by atoms with van der Waals surface area (Å²) in [5, 5.41) is 19.7. The molecule has 0 saturated carbocycles. The maximum atomic E-state index is 13.0. The van der Waals surface area contributed by atoms with E-state index in [9.17, 15) is 18.0 Å². The van der Waals surface area contributed by atoms with Gasteiger partial charge in [0.05, 0.1) is 23.9 Å². The summed E-state index contributed by atoms with van der Waals surface area (Å²) in [7, 11) is 0. The molecule has 33 heavy (non-hydrogen) atoms. The highest BCUT2D eigenvalue weighted by Gasteiger charge is 2.37. The zero-order chi connectivity index (χ0) is 23.8. The number of halogens is 3. The van der Waals surface area contributed by atoms with Crippen LogP contribution in [0.15, 0.2) is 52.8 Å². The molecule has 4 rings (SSSR count). The van der Waals surface area contributed by atoms with Gasteiger partial charge in [-0.2, -0.15) is 18.3 Å². The number of amides is 1. The topological polar surface area (TPSA) is 116 Å². The van der Waals surface area contributed by atoms with E-state index in [-0.39, 0.29) is 23.3 Å². The molecule has 0 radical (unpaired) electrons. The Morgan fingerprint density at radius 1 is 1.30 bits per heavy atom. The van der Waals surface area contributed by atoms with Crippen molar-refractivity contribution in [2.45, 2.75) is 37.5 Å². The van der Waals surface area contributed by atoms with Crippen molar-refractivity contribution in [1.29, 1.82) is 5.41 Å². The van der Waals surface area contributed by atoms with Crippen molar-refractivity contribution in [3.63, 3.8) is 0 Å². The number of nitrogens with two attached hydrogens (primary N) is 1. The van der Waals surface area contributed by atoms with Crippen LogP contribution in [-0.2, 0) is 11.0 Å². The second kappa shape index (κ2) is 8.72. The van der Waals surface area contributed by atoms with Gasteiger partial charge in [0.25, 0.3) is 0 Å². The smallest absolute Gasteiger partial charge is 0.416 e. The second-order valence-corrected chi connectivity index (χ2v) is 8.04. The SMILES string of the molecule is CC1C(C(=O)NCCC2COc3ccc(C(=N)N)cc32)N=NN1c1cccc(C(F)(F)F)c1. The minimum atomic E-state index is -4.47. The monoisotopic (exact) mass is 460 g/mol. The Morgan fingerprint density at radius 3 is 2.82 bits per heavy atom. The summed E-state index contributed by atoms with van der Waals surface area (Å²) in [5.41, 5.74) is 6.56. The summed E-state index contributed by atoms with van der Waals surface area (Å²) in [6.45, 7) is 2.52. The molecule has 3 atom stereocenters. The first-order valence-corrected chi connectivity index (χ1v) is 10.4. The molecule has 174 valence electrons. The largest absolute Gasteiger partial charge is 0.493 e. The number of nitrogen functional groups attached to an aromatic ring is 1. The third kappa shape index (κ3) is 4.62. The fourth-order valence-electron chi connectivity index (χ4n) is 3.97. The van der Waals surface area contributed by atoms with E-state index in [0.717, 1.165) is 23.4 Å². The average Bonchev–Trinajstić information content (AvgIpc) is 3.36. The summed E-state index contributed by atoms with van der Waals surface area (Å²) < 4.78 is 44.7. The molecule has 11 heteroatoms. The van der Waals surface area contributed by atoms with Gasteiger partial charge < -0.3 is 15.8 Å². The molecular weight excluding hydrogens is 437 g/mol. The Labute approximate surface area is 188 Å². The number of hydrogen-bond acceptors (Lipinski definition) is 6. The highest BCUT2D eigenvalue weighted by Crippen LogP contribution is 2.36. The number of fused-ring (bicyclic) bond motifs is 1. The lowest BCUT2D eigenvalue weighted by molar-refractivity contribution is -0.137. The molecule has 2 aliphatic heterocycles. The number of nitrogens with zero attached hydrogens (tertiary/aromatic N) is 3. The van der Waals surface area contributed by atoms with Crippen molar-refractivity contribution < 1.29 is 22.7 Å². The Balaban J connectivity index is 1.34. The van der Waals surface area contributed by atoms with Crippen LogP contribution in [0, 0.1) is 5.41 Å². The molecule has 0 aromatic heterocycles. The van der Waals surface area contributed by atoms with E-state index in [1.54, 1.807) is 19.1 Å². The van der Waals surface area contributed by atoms with E-state index in [0.29, 0.717) is 25.1 Å². The van der Waals surface area contributed by atoms with Gasteiger partial charge in [-0.05, 0) is 49.7 Å². The zero-order valence-corrected chi connectivity index (χ0v) is 17.8. The van der Waals surface area contributed by atoms with E-state index >= 15 is 0 Å². The third-order valence-corrected chi connectivity index (χ3v) is 5.81. The van der Waals surface area contributed by atoms with E-state index < -0.39 is 23.8 Å². The Kier molecular flexibility index (Phi) is 5.96. The molecular formula is C22H23F3N6O2. The second-order valence-electron chi connectivity index (χ2n) is 8.04. The fourth-order valence-corrected chi connectivity index (χ4v) is 3.97. The normalized spacial score (nSPS) is 21.6. The molecule has 8 nitrogen and oxygen atoms in total. The number of ether oxygens (including phenoxy) is 1. The van der Waals surface area contributed by atoms with Crippen molar-refractivity contribution in [3.8, 4) is 5.75 Å². The van der Waals surface area contributed by atoms with Crippen LogP contribution in [0.4, 0.5) is 18.9 Å². The van der Waals surface area contributed by atoms with Gasteiger partial charge in [0, 0.05) is 23.6 Å². The Morgan fingerprint density at radius 2 is 2.09 bits per heavy atom. The highest BCUT2D eigenvalue weighted by molar-refractivity contribution is 5.95. The number of alkyl halides is 3. The lowest BCUT2D eigenvalue weighted by Crippen LogP contribution is -2.43. The maximum absolute atomic E-state index is 13.0. The first-order chi connectivity index (χ1) is 15.6. The molecule has 2 aromatic carbocycles. The summed E-state index contributed by atoms with van der Waals surface area (Å²) >= 11 is 0. The van der Waals surface area contributed by atoms with Crippen LogP contribution < -0.4 is 20.8 Å². The predicted molar refractivity (Wildman–Crippen MR) is 115 cm³/mol. The molecule has 4 N–H and O–H groups in total. The molecule has 0 spiro atoms. The van der Waals surface area contributed by atoms with Crippen molar-refractivity contribution in [2.24, 2.45) is 16.1 Å². The Bertz CT molecular complexity index is 1100. The van der Waals surface area contributed by atoms with E-state index in [4.69, 9.17) is 15.9 Å². The molecule has 0 fully saturated rings. The van der Waals surface area contributed by atoms with E-state index in [1.165, 1.54) is 17.1 Å². The average molecular weight is 460 g/mol. The van der Waals surface area contributed by atoms with Crippen molar-refractivity contribution >= 4 is 17.4 Å². The summed E-state index contributed by atoms with van der Waals surface area (Å²) in [6, 6.07) is 8.74. The van der Waals surface area contributed by atoms with Gasteiger partial charge in [-0.1, -0.05) is 11.3 Å². The van der Waals surface area contributed by atoms with Gasteiger partial charge in [0.1, 0.15) is 11.6 Å². The first kappa shape index (κ1) is 22.6. The quantitative estimate of drug-likeness (QED) is 0.451. The van der Waals surface area contributed by atoms with Crippen LogP contribution in [0.5, 0.6) is 5.75 Å². The van der Waals surface area contributed by atoms with Gasteiger partial charge in [-0.3, -0.25) is 10.2 Å². The van der Waals surface area contributed by atoms with Crippen molar-refractivity contribution in [3.05, 3.63) is 59.2 Å². The minimum Gasteiger partial charge on any atom is -0.493 e. The van der Waals surface area contributed by atoms with Gasteiger partial charge in [-0.15, -0.1) is 0 Å². The number of anilines is 1. The van der Waals surface area contributed by atoms with E-state index in [2.05, 4.69) is 15.7 Å². The molecule has 2 aliphatic rings. The maximum Gasteiger partial charge on any atom is 0.416 e. The van der Waals surface area contributed by atoms with Crippen LogP contribution in [0.3, 0.4) is 0 Å². The summed E-state index contributed by atoms with van der Waals surface area (Å²) in [4.78, 5) is 12.7. The summed E-state index contributed by atoms with van der Waals surface area (Å²) in [6.07, 6.45) is -3.86. The van der Waals surface area contributed by atoms with Crippen LogP contribution in [0.1, 0.15) is 36.0 Å². The van der Waals surface area contributed by atoms with Crippen molar-refractivity contribution in [2.75, 3.05) is 18.2 Å². The minimum absolute atomic E-state index is 0.0253. The van der Waals surface area contributed by atoms with E-state index in [1.807, 2.05) is 6.07 Å². The first-order valence-electron chi connectivity index (χ1n) is 10.4. The number of carbonyl (C=O) groups excluding carboxylic acids is 1. The van der Waals surface area contributed by atoms with Gasteiger partial charge in [-0.25, -0.2) is 5.01 Å². The third-order valence-electron chi connectivity index (χ3n) is 5.81. The van der Waals surface area contributed by atoms with Crippen molar-refractivity contribution in [1.82, 2.24) is 5.32 Å².